The molecule has 1 amide bonds. The van der Waals surface area contributed by atoms with Crippen LogP contribution in [0.4, 0.5) is 0 Å². The molecule has 386 valence electrons. The van der Waals surface area contributed by atoms with Gasteiger partial charge in [-0.3, -0.25) is 4.79 Å². The second-order valence-electron chi connectivity index (χ2n) is 19.2. The standard InChI is InChI=1S/C56H103NO9/c1-3-5-7-9-11-13-15-16-17-18-19-20-21-22-23-24-25-26-27-28-29-30-31-32-33-35-37-39-41-43-45-50(60)55(64)57-48(47-65-56-54(63)53(62)52(61)51(46-58)66-56)49(59)44-42-40-38-36-34-14-12-10-8-6-4-2/h19-20,22-23,34,36,42,44,48-54,56,58-63H,3-18,21,24-33,35,37-41,43,45-47H2,1-2H3,(H,57,64)/b20-19-,23-22-,36-34+,44-42+. The molecule has 1 fully saturated rings. The average molecular weight is 934 g/mol. The van der Waals surface area contributed by atoms with E-state index in [4.69, 9.17) is 9.47 Å². The van der Waals surface area contributed by atoms with Gasteiger partial charge in [-0.1, -0.05) is 223 Å². The Morgan fingerprint density at radius 3 is 1.41 bits per heavy atom. The molecule has 0 aliphatic carbocycles. The third-order valence-electron chi connectivity index (χ3n) is 13.0. The van der Waals surface area contributed by atoms with Crippen LogP contribution in [-0.4, -0.2) is 98.7 Å². The normalized spacial score (nSPS) is 20.6. The highest BCUT2D eigenvalue weighted by atomic mass is 16.7. The number of ether oxygens (including phenoxy) is 2. The largest absolute Gasteiger partial charge is 0.394 e. The van der Waals surface area contributed by atoms with E-state index in [1.165, 1.54) is 167 Å². The van der Waals surface area contributed by atoms with Crippen molar-refractivity contribution in [1.82, 2.24) is 5.32 Å². The summed E-state index contributed by atoms with van der Waals surface area (Å²) in [6, 6.07) is -0.997. The molecule has 0 spiro atoms. The molecule has 0 saturated carbocycles. The van der Waals surface area contributed by atoms with Crippen molar-refractivity contribution >= 4 is 5.91 Å². The van der Waals surface area contributed by atoms with E-state index in [-0.39, 0.29) is 6.61 Å². The molecule has 8 atom stereocenters. The summed E-state index contributed by atoms with van der Waals surface area (Å²) < 4.78 is 11.1. The topological polar surface area (TPSA) is 169 Å². The highest BCUT2D eigenvalue weighted by Gasteiger charge is 2.44. The number of amides is 1. The van der Waals surface area contributed by atoms with Gasteiger partial charge in [0, 0.05) is 0 Å². The third kappa shape index (κ3) is 34.4. The number of carbonyl (C=O) groups is 1. The van der Waals surface area contributed by atoms with Crippen molar-refractivity contribution in [2.24, 2.45) is 0 Å². The number of rotatable bonds is 46. The van der Waals surface area contributed by atoms with Crippen molar-refractivity contribution in [3.8, 4) is 0 Å². The molecule has 0 radical (unpaired) electrons. The highest BCUT2D eigenvalue weighted by molar-refractivity contribution is 5.80. The van der Waals surface area contributed by atoms with Crippen molar-refractivity contribution < 1.29 is 44.9 Å². The van der Waals surface area contributed by atoms with Gasteiger partial charge in [-0.2, -0.15) is 0 Å². The second kappa shape index (κ2) is 45.5. The maximum absolute atomic E-state index is 13.1. The first-order valence-electron chi connectivity index (χ1n) is 27.5. The van der Waals surface area contributed by atoms with Crippen LogP contribution in [-0.2, 0) is 14.3 Å². The minimum absolute atomic E-state index is 0.302. The summed E-state index contributed by atoms with van der Waals surface area (Å²) in [5, 5.41) is 64.7. The SMILES string of the molecule is CCCCCCC/C=C/CC/C=C/C(O)C(COC1OC(CO)C(O)C(O)C1O)NC(=O)C(O)CCCCCCCCCCCCCCCC/C=C\C/C=C\CCCCCCCCCCC. The van der Waals surface area contributed by atoms with Crippen molar-refractivity contribution in [1.29, 1.82) is 0 Å². The van der Waals surface area contributed by atoms with Gasteiger partial charge in [0.05, 0.1) is 25.4 Å². The van der Waals surface area contributed by atoms with Gasteiger partial charge >= 0.3 is 0 Å². The molecule has 0 aromatic rings. The Kier molecular flexibility index (Phi) is 42.9. The van der Waals surface area contributed by atoms with E-state index in [0.717, 1.165) is 38.5 Å². The average Bonchev–Trinajstić information content (AvgIpc) is 3.32. The fourth-order valence-electron chi connectivity index (χ4n) is 8.50. The summed E-state index contributed by atoms with van der Waals surface area (Å²) in [5.74, 6) is -0.628. The van der Waals surface area contributed by atoms with Gasteiger partial charge in [0.15, 0.2) is 6.29 Å². The fraction of sp³-hybridized carbons (Fsp3) is 0.839. The van der Waals surface area contributed by atoms with E-state index in [0.29, 0.717) is 19.3 Å². The number of carbonyl (C=O) groups excluding carboxylic acids is 1. The van der Waals surface area contributed by atoms with Crippen LogP contribution < -0.4 is 5.32 Å². The number of hydrogen-bond donors (Lipinski definition) is 7. The Hall–Kier alpha value is -1.89. The lowest BCUT2D eigenvalue weighted by Gasteiger charge is -2.40. The van der Waals surface area contributed by atoms with Gasteiger partial charge < -0.3 is 45.4 Å². The summed E-state index contributed by atoms with van der Waals surface area (Å²) in [6.07, 6.45) is 49.5. The molecular formula is C56H103NO9. The van der Waals surface area contributed by atoms with Crippen LogP contribution in [0.25, 0.3) is 0 Å². The zero-order valence-electron chi connectivity index (χ0n) is 42.3. The highest BCUT2D eigenvalue weighted by Crippen LogP contribution is 2.23. The molecule has 1 saturated heterocycles. The molecule has 0 bridgehead atoms. The molecule has 10 nitrogen and oxygen atoms in total. The van der Waals surface area contributed by atoms with Crippen LogP contribution in [0.2, 0.25) is 0 Å². The molecule has 8 unspecified atom stereocenters. The van der Waals surface area contributed by atoms with Gasteiger partial charge in [-0.05, 0) is 64.2 Å². The molecule has 10 heteroatoms. The number of allylic oxidation sites excluding steroid dienone is 7. The molecule has 0 aromatic heterocycles. The number of hydrogen-bond acceptors (Lipinski definition) is 9. The lowest BCUT2D eigenvalue weighted by atomic mass is 9.99. The summed E-state index contributed by atoms with van der Waals surface area (Å²) in [7, 11) is 0. The minimum Gasteiger partial charge on any atom is -0.394 e. The minimum atomic E-state index is -1.62. The van der Waals surface area contributed by atoms with Crippen molar-refractivity contribution in [2.75, 3.05) is 13.2 Å². The van der Waals surface area contributed by atoms with Crippen LogP contribution in [0.5, 0.6) is 0 Å². The van der Waals surface area contributed by atoms with Crippen LogP contribution in [0.15, 0.2) is 48.6 Å². The van der Waals surface area contributed by atoms with Crippen LogP contribution in [0.1, 0.15) is 239 Å². The summed E-state index contributed by atoms with van der Waals surface area (Å²) in [6.45, 7) is 3.57. The predicted molar refractivity (Wildman–Crippen MR) is 273 cm³/mol. The van der Waals surface area contributed by atoms with E-state index < -0.39 is 61.5 Å². The number of aliphatic hydroxyl groups excluding tert-OH is 6. The lowest BCUT2D eigenvalue weighted by molar-refractivity contribution is -0.302. The van der Waals surface area contributed by atoms with E-state index in [9.17, 15) is 35.4 Å². The Labute approximate surface area is 404 Å². The molecular weight excluding hydrogens is 831 g/mol. The van der Waals surface area contributed by atoms with Crippen LogP contribution >= 0.6 is 0 Å². The van der Waals surface area contributed by atoms with Crippen molar-refractivity contribution in [2.45, 2.75) is 288 Å². The molecule has 1 heterocycles. The molecule has 1 rings (SSSR count). The van der Waals surface area contributed by atoms with Crippen LogP contribution in [0, 0.1) is 0 Å². The van der Waals surface area contributed by atoms with Gasteiger partial charge in [-0.15, -0.1) is 0 Å². The fourth-order valence-corrected chi connectivity index (χ4v) is 8.50. The van der Waals surface area contributed by atoms with Crippen LogP contribution in [0.3, 0.4) is 0 Å². The summed E-state index contributed by atoms with van der Waals surface area (Å²) >= 11 is 0. The molecule has 1 aliphatic heterocycles. The first-order valence-corrected chi connectivity index (χ1v) is 27.5. The summed E-state index contributed by atoms with van der Waals surface area (Å²) in [5.41, 5.74) is 0. The first-order chi connectivity index (χ1) is 32.3. The molecule has 7 N–H and O–H groups in total. The molecule has 0 aromatic carbocycles. The van der Waals surface area contributed by atoms with Crippen molar-refractivity contribution in [3.05, 3.63) is 48.6 Å². The maximum atomic E-state index is 13.1. The van der Waals surface area contributed by atoms with E-state index in [1.54, 1.807) is 6.08 Å². The van der Waals surface area contributed by atoms with E-state index >= 15 is 0 Å². The zero-order valence-corrected chi connectivity index (χ0v) is 42.3. The van der Waals surface area contributed by atoms with Gasteiger partial charge in [0.25, 0.3) is 0 Å². The third-order valence-corrected chi connectivity index (χ3v) is 13.0. The Balaban J connectivity index is 2.19. The Morgan fingerprint density at radius 1 is 0.530 bits per heavy atom. The zero-order chi connectivity index (χ0) is 48.1. The van der Waals surface area contributed by atoms with Crippen molar-refractivity contribution in [3.63, 3.8) is 0 Å². The first kappa shape index (κ1) is 62.1. The quantitative estimate of drug-likeness (QED) is 0.0232. The van der Waals surface area contributed by atoms with Gasteiger partial charge in [0.1, 0.15) is 30.5 Å². The Bertz CT molecular complexity index is 1190. The lowest BCUT2D eigenvalue weighted by Crippen LogP contribution is -2.60. The van der Waals surface area contributed by atoms with E-state index in [2.05, 4.69) is 55.6 Å². The number of nitrogens with one attached hydrogen (secondary N) is 1. The van der Waals surface area contributed by atoms with Gasteiger partial charge in [-0.25, -0.2) is 0 Å². The number of unbranched alkanes of at least 4 members (excludes halogenated alkanes) is 29. The Morgan fingerprint density at radius 2 is 0.939 bits per heavy atom. The van der Waals surface area contributed by atoms with Gasteiger partial charge in [0.2, 0.25) is 5.91 Å². The smallest absolute Gasteiger partial charge is 0.249 e. The number of aliphatic hydroxyl groups is 6. The molecule has 66 heavy (non-hydrogen) atoms. The summed E-state index contributed by atoms with van der Waals surface area (Å²) in [4.78, 5) is 13.1. The second-order valence-corrected chi connectivity index (χ2v) is 19.2. The predicted octanol–water partition coefficient (Wildman–Crippen LogP) is 11.9. The molecule has 1 aliphatic rings. The van der Waals surface area contributed by atoms with E-state index in [1.807, 2.05) is 6.08 Å². The monoisotopic (exact) mass is 934 g/mol. The maximum Gasteiger partial charge on any atom is 0.249 e.